The fraction of sp³-hybridized carbons (Fsp3) is 0.417. The van der Waals surface area contributed by atoms with E-state index in [1.807, 2.05) is 31.2 Å². The highest BCUT2D eigenvalue weighted by Crippen LogP contribution is 2.50. The maximum Gasteiger partial charge on any atom is 0.414 e. The van der Waals surface area contributed by atoms with Gasteiger partial charge in [-0.05, 0) is 13.0 Å². The maximum atomic E-state index is 11.8. The Balaban J connectivity index is 2.09. The van der Waals surface area contributed by atoms with Gasteiger partial charge in [-0.2, -0.15) is 0 Å². The summed E-state index contributed by atoms with van der Waals surface area (Å²) in [6.45, 7) is 1.98. The van der Waals surface area contributed by atoms with E-state index in [2.05, 4.69) is 0 Å². The Morgan fingerprint density at radius 1 is 1.44 bits per heavy atom. The largest absolute Gasteiger partial charge is 0.452 e. The minimum Gasteiger partial charge on any atom is -0.452 e. The van der Waals surface area contributed by atoms with Crippen molar-refractivity contribution in [1.82, 2.24) is 0 Å². The molecule has 1 aromatic carbocycles. The van der Waals surface area contributed by atoms with Crippen LogP contribution >= 0.6 is 0 Å². The Hall–Kier alpha value is -1.55. The van der Waals surface area contributed by atoms with E-state index >= 15 is 0 Å². The molecule has 1 fully saturated rings. The molecular formula is C12H13NO3. The molecule has 3 unspecified atom stereocenters. The first kappa shape index (κ1) is 9.66. The first-order valence-corrected chi connectivity index (χ1v) is 5.35. The average molecular weight is 219 g/mol. The summed E-state index contributed by atoms with van der Waals surface area (Å²) in [4.78, 5) is 13.4. The Morgan fingerprint density at radius 3 is 2.94 bits per heavy atom. The van der Waals surface area contributed by atoms with Gasteiger partial charge in [0.15, 0.2) is 0 Å². The van der Waals surface area contributed by atoms with Gasteiger partial charge in [0, 0.05) is 5.56 Å². The van der Waals surface area contributed by atoms with E-state index in [4.69, 9.17) is 9.47 Å². The standard InChI is InChI=1S/C12H13NO3/c1-7-10-11(16-10)8-5-3-4-6-9(8)13(7)12(14)15-2/h3-7,10-11H,1-2H3. The first-order chi connectivity index (χ1) is 7.74. The van der Waals surface area contributed by atoms with Crippen molar-refractivity contribution in [3.05, 3.63) is 29.8 Å². The lowest BCUT2D eigenvalue weighted by Gasteiger charge is -2.31. The van der Waals surface area contributed by atoms with Gasteiger partial charge in [0.1, 0.15) is 12.2 Å². The van der Waals surface area contributed by atoms with E-state index in [0.29, 0.717) is 0 Å². The Kier molecular flexibility index (Phi) is 1.94. The minimum absolute atomic E-state index is 0.0346. The summed E-state index contributed by atoms with van der Waals surface area (Å²) in [6, 6.07) is 7.85. The van der Waals surface area contributed by atoms with Crippen molar-refractivity contribution in [1.29, 1.82) is 0 Å². The second-order valence-corrected chi connectivity index (χ2v) is 4.16. The van der Waals surface area contributed by atoms with E-state index in [9.17, 15) is 4.79 Å². The molecule has 16 heavy (non-hydrogen) atoms. The molecule has 0 radical (unpaired) electrons. The van der Waals surface area contributed by atoms with Gasteiger partial charge in [0.05, 0.1) is 18.8 Å². The molecule has 3 rings (SSSR count). The molecule has 0 aliphatic carbocycles. The molecule has 1 amide bonds. The Morgan fingerprint density at radius 2 is 2.19 bits per heavy atom. The number of para-hydroxylation sites is 1. The zero-order valence-corrected chi connectivity index (χ0v) is 9.21. The van der Waals surface area contributed by atoms with Crippen molar-refractivity contribution < 1.29 is 14.3 Å². The van der Waals surface area contributed by atoms with Crippen molar-refractivity contribution in [2.75, 3.05) is 12.0 Å². The van der Waals surface area contributed by atoms with Crippen LogP contribution in [0.5, 0.6) is 0 Å². The van der Waals surface area contributed by atoms with Gasteiger partial charge in [-0.1, -0.05) is 18.2 Å². The Labute approximate surface area is 93.8 Å². The van der Waals surface area contributed by atoms with Crippen LogP contribution in [0.3, 0.4) is 0 Å². The van der Waals surface area contributed by atoms with Gasteiger partial charge < -0.3 is 9.47 Å². The molecule has 4 nitrogen and oxygen atoms in total. The molecule has 2 aliphatic heterocycles. The monoisotopic (exact) mass is 219 g/mol. The number of amides is 1. The van der Waals surface area contributed by atoms with E-state index in [1.54, 1.807) is 4.90 Å². The fourth-order valence-electron chi connectivity index (χ4n) is 2.42. The van der Waals surface area contributed by atoms with Gasteiger partial charge in [0.2, 0.25) is 0 Å². The lowest BCUT2D eigenvalue weighted by atomic mass is 9.97. The van der Waals surface area contributed by atoms with Crippen molar-refractivity contribution in [2.24, 2.45) is 0 Å². The number of carbonyl (C=O) groups is 1. The summed E-state index contributed by atoms with van der Waals surface area (Å²) in [5, 5.41) is 0. The maximum absolute atomic E-state index is 11.8. The molecule has 2 heterocycles. The van der Waals surface area contributed by atoms with Crippen molar-refractivity contribution in [3.63, 3.8) is 0 Å². The average Bonchev–Trinajstić information content (AvgIpc) is 3.09. The number of methoxy groups -OCH3 is 1. The van der Waals surface area contributed by atoms with Crippen LogP contribution in [-0.2, 0) is 9.47 Å². The Bertz CT molecular complexity index is 446. The van der Waals surface area contributed by atoms with Crippen molar-refractivity contribution in [2.45, 2.75) is 25.2 Å². The van der Waals surface area contributed by atoms with E-state index < -0.39 is 0 Å². The van der Waals surface area contributed by atoms with Gasteiger partial charge in [-0.25, -0.2) is 4.79 Å². The number of anilines is 1. The molecule has 2 aliphatic rings. The lowest BCUT2D eigenvalue weighted by molar-refractivity contribution is 0.174. The van der Waals surface area contributed by atoms with E-state index in [0.717, 1.165) is 11.3 Å². The normalized spacial score (nSPS) is 30.4. The number of hydrogen-bond acceptors (Lipinski definition) is 3. The van der Waals surface area contributed by atoms with Crippen LogP contribution in [0.1, 0.15) is 18.6 Å². The van der Waals surface area contributed by atoms with Crippen LogP contribution in [0.25, 0.3) is 0 Å². The van der Waals surface area contributed by atoms with Crippen LogP contribution in [0.4, 0.5) is 10.5 Å². The summed E-state index contributed by atoms with van der Waals surface area (Å²) in [5.74, 6) is 0. The van der Waals surface area contributed by atoms with Crippen molar-refractivity contribution in [3.8, 4) is 0 Å². The second-order valence-electron chi connectivity index (χ2n) is 4.16. The second kappa shape index (κ2) is 3.22. The number of nitrogens with zero attached hydrogens (tertiary/aromatic N) is 1. The molecule has 3 atom stereocenters. The molecule has 1 aromatic rings. The lowest BCUT2D eigenvalue weighted by Crippen LogP contribution is -2.44. The van der Waals surface area contributed by atoms with Gasteiger partial charge >= 0.3 is 6.09 Å². The molecule has 0 aromatic heterocycles. The third-order valence-corrected chi connectivity index (χ3v) is 3.28. The summed E-state index contributed by atoms with van der Waals surface area (Å²) < 4.78 is 10.4. The van der Waals surface area contributed by atoms with Crippen LogP contribution in [-0.4, -0.2) is 25.3 Å². The SMILES string of the molecule is COC(=O)N1c2ccccc2C2OC2C1C. The number of ether oxygens (including phenoxy) is 2. The quantitative estimate of drug-likeness (QED) is 0.627. The number of carbonyl (C=O) groups excluding carboxylic acids is 1. The molecule has 84 valence electrons. The molecule has 0 bridgehead atoms. The van der Waals surface area contributed by atoms with E-state index in [1.165, 1.54) is 7.11 Å². The smallest absolute Gasteiger partial charge is 0.414 e. The van der Waals surface area contributed by atoms with Gasteiger partial charge in [0.25, 0.3) is 0 Å². The number of benzene rings is 1. The summed E-state index contributed by atoms with van der Waals surface area (Å²) in [5.41, 5.74) is 1.98. The number of fused-ring (bicyclic) bond motifs is 3. The minimum atomic E-state index is -0.325. The van der Waals surface area contributed by atoms with Crippen LogP contribution in [0.15, 0.2) is 24.3 Å². The number of hydrogen-bond donors (Lipinski definition) is 0. The van der Waals surface area contributed by atoms with Crippen molar-refractivity contribution >= 4 is 11.8 Å². The fourth-order valence-corrected chi connectivity index (χ4v) is 2.42. The zero-order valence-electron chi connectivity index (χ0n) is 9.21. The molecular weight excluding hydrogens is 206 g/mol. The van der Waals surface area contributed by atoms with Crippen LogP contribution in [0, 0.1) is 0 Å². The zero-order chi connectivity index (χ0) is 11.3. The van der Waals surface area contributed by atoms with Crippen LogP contribution < -0.4 is 4.90 Å². The molecule has 0 spiro atoms. The topological polar surface area (TPSA) is 42.1 Å². The molecule has 0 N–H and O–H groups in total. The van der Waals surface area contributed by atoms with Gasteiger partial charge in [-0.3, -0.25) is 4.90 Å². The van der Waals surface area contributed by atoms with Crippen LogP contribution in [0.2, 0.25) is 0 Å². The third kappa shape index (κ3) is 1.16. The molecule has 4 heteroatoms. The summed E-state index contributed by atoms with van der Waals surface area (Å²) in [7, 11) is 1.40. The van der Waals surface area contributed by atoms with E-state index in [-0.39, 0.29) is 24.3 Å². The number of rotatable bonds is 0. The predicted molar refractivity (Wildman–Crippen MR) is 58.4 cm³/mol. The highest BCUT2D eigenvalue weighted by molar-refractivity contribution is 5.90. The third-order valence-electron chi connectivity index (χ3n) is 3.28. The highest BCUT2D eigenvalue weighted by atomic mass is 16.6. The summed E-state index contributed by atoms with van der Waals surface area (Å²) in [6.07, 6.45) is -0.0463. The van der Waals surface area contributed by atoms with Gasteiger partial charge in [-0.15, -0.1) is 0 Å². The molecule has 1 saturated heterocycles. The molecule has 0 saturated carbocycles. The first-order valence-electron chi connectivity index (χ1n) is 5.35. The number of epoxide rings is 1. The highest BCUT2D eigenvalue weighted by Gasteiger charge is 2.53. The summed E-state index contributed by atoms with van der Waals surface area (Å²) >= 11 is 0. The predicted octanol–water partition coefficient (Wildman–Crippen LogP) is 2.10.